The second-order valence-corrected chi connectivity index (χ2v) is 6.34. The van der Waals surface area contributed by atoms with E-state index in [0.29, 0.717) is 19.7 Å². The van der Waals surface area contributed by atoms with Gasteiger partial charge in [-0.25, -0.2) is 9.98 Å². The number of hydrogen-bond donors (Lipinski definition) is 2. The van der Waals surface area contributed by atoms with Crippen molar-refractivity contribution in [1.82, 2.24) is 20.0 Å². The first kappa shape index (κ1) is 18.1. The largest absolute Gasteiger partial charge is 0.497 e. The Bertz CT molecular complexity index is 812. The quantitative estimate of drug-likeness (QED) is 0.361. The van der Waals surface area contributed by atoms with E-state index in [9.17, 15) is 0 Å². The minimum absolute atomic E-state index is 0.531. The zero-order valence-corrected chi connectivity index (χ0v) is 15.8. The summed E-state index contributed by atoms with van der Waals surface area (Å²) in [6.45, 7) is 4.55. The van der Waals surface area contributed by atoms with Crippen molar-refractivity contribution in [2.45, 2.75) is 13.5 Å². The monoisotopic (exact) mass is 373 g/mol. The van der Waals surface area contributed by atoms with Crippen molar-refractivity contribution in [2.75, 3.05) is 26.8 Å². The van der Waals surface area contributed by atoms with Gasteiger partial charge in [0, 0.05) is 24.3 Å². The van der Waals surface area contributed by atoms with Crippen molar-refractivity contribution in [3.05, 3.63) is 47.7 Å². The first-order valence-electron chi connectivity index (χ1n) is 8.48. The molecule has 8 heteroatoms. The molecule has 0 fully saturated rings. The van der Waals surface area contributed by atoms with Crippen LogP contribution in [0.25, 0.3) is 4.96 Å². The number of benzene rings is 1. The van der Waals surface area contributed by atoms with Gasteiger partial charge in [0.1, 0.15) is 18.1 Å². The van der Waals surface area contributed by atoms with Gasteiger partial charge < -0.3 is 20.1 Å². The Hall–Kier alpha value is -2.74. The van der Waals surface area contributed by atoms with Crippen LogP contribution < -0.4 is 20.1 Å². The van der Waals surface area contributed by atoms with Crippen LogP contribution in [0.2, 0.25) is 0 Å². The molecule has 0 aliphatic heterocycles. The fourth-order valence-corrected chi connectivity index (χ4v) is 3.08. The number of aromatic nitrogens is 2. The molecule has 2 heterocycles. The van der Waals surface area contributed by atoms with E-state index in [1.165, 1.54) is 0 Å². The number of thiazole rings is 1. The summed E-state index contributed by atoms with van der Waals surface area (Å²) in [4.78, 5) is 10.1. The molecule has 0 amide bonds. The zero-order chi connectivity index (χ0) is 18.2. The van der Waals surface area contributed by atoms with Gasteiger partial charge in [0.2, 0.25) is 0 Å². The maximum Gasteiger partial charge on any atom is 0.193 e. The second kappa shape index (κ2) is 9.10. The summed E-state index contributed by atoms with van der Waals surface area (Å²) in [5.74, 6) is 2.38. The molecule has 0 aliphatic rings. The molecule has 1 aromatic carbocycles. The number of nitrogens with one attached hydrogen (secondary N) is 2. The number of fused-ring (bicyclic) bond motifs is 1. The van der Waals surface area contributed by atoms with Crippen molar-refractivity contribution in [1.29, 1.82) is 0 Å². The van der Waals surface area contributed by atoms with Crippen molar-refractivity contribution in [3.63, 3.8) is 0 Å². The van der Waals surface area contributed by atoms with Crippen LogP contribution in [0.4, 0.5) is 0 Å². The molecule has 0 unspecified atom stereocenters. The number of ether oxygens (including phenoxy) is 2. The van der Waals surface area contributed by atoms with E-state index >= 15 is 0 Å². The Balaban J connectivity index is 1.46. The topological polar surface area (TPSA) is 72.2 Å². The maximum atomic E-state index is 5.71. The lowest BCUT2D eigenvalue weighted by molar-refractivity contribution is 0.321. The highest BCUT2D eigenvalue weighted by Gasteiger charge is 2.03. The molecule has 0 radical (unpaired) electrons. The first-order valence-corrected chi connectivity index (χ1v) is 9.36. The summed E-state index contributed by atoms with van der Waals surface area (Å²) >= 11 is 1.62. The zero-order valence-electron chi connectivity index (χ0n) is 14.9. The number of guanidine groups is 1. The minimum atomic E-state index is 0.531. The molecule has 7 nitrogen and oxygen atoms in total. The van der Waals surface area contributed by atoms with Gasteiger partial charge in [-0.1, -0.05) is 0 Å². The van der Waals surface area contributed by atoms with E-state index < -0.39 is 0 Å². The van der Waals surface area contributed by atoms with Crippen LogP contribution in [0.15, 0.2) is 47.0 Å². The summed E-state index contributed by atoms with van der Waals surface area (Å²) in [6, 6.07) is 7.54. The van der Waals surface area contributed by atoms with E-state index in [1.807, 2.05) is 53.4 Å². The molecule has 138 valence electrons. The predicted molar refractivity (Wildman–Crippen MR) is 104 cm³/mol. The van der Waals surface area contributed by atoms with E-state index in [-0.39, 0.29) is 0 Å². The lowest BCUT2D eigenvalue weighted by atomic mass is 10.3. The van der Waals surface area contributed by atoms with E-state index in [4.69, 9.17) is 9.47 Å². The van der Waals surface area contributed by atoms with Gasteiger partial charge in [-0.2, -0.15) is 0 Å². The molecule has 0 saturated carbocycles. The van der Waals surface area contributed by atoms with Crippen LogP contribution in [-0.2, 0) is 6.54 Å². The Labute approximate surface area is 156 Å². The van der Waals surface area contributed by atoms with E-state index in [2.05, 4.69) is 20.6 Å². The molecule has 0 aliphatic carbocycles. The molecule has 2 aromatic heterocycles. The van der Waals surface area contributed by atoms with Crippen LogP contribution in [-0.4, -0.2) is 42.2 Å². The smallest absolute Gasteiger partial charge is 0.193 e. The summed E-state index contributed by atoms with van der Waals surface area (Å²) < 4.78 is 12.9. The number of rotatable bonds is 8. The molecule has 26 heavy (non-hydrogen) atoms. The molecule has 0 bridgehead atoms. The summed E-state index contributed by atoms with van der Waals surface area (Å²) in [5.41, 5.74) is 0.948. The van der Waals surface area contributed by atoms with Gasteiger partial charge in [0.05, 0.1) is 25.9 Å². The lowest BCUT2D eigenvalue weighted by Crippen LogP contribution is -2.39. The van der Waals surface area contributed by atoms with Crippen molar-refractivity contribution in [3.8, 4) is 11.5 Å². The number of nitrogens with zero attached hydrogens (tertiary/aromatic N) is 3. The number of methoxy groups -OCH3 is 1. The van der Waals surface area contributed by atoms with Crippen molar-refractivity contribution >= 4 is 22.3 Å². The van der Waals surface area contributed by atoms with Crippen LogP contribution in [0, 0.1) is 0 Å². The molecule has 3 rings (SSSR count). The third-order valence-corrected chi connectivity index (χ3v) is 4.38. The molecular weight excluding hydrogens is 350 g/mol. The standard InChI is InChI=1S/C18H23N5O2S/c1-3-19-17(21-12-14-13-23-9-11-26-18(23)22-14)20-8-10-25-16-6-4-15(24-2)5-7-16/h4-7,9,11,13H,3,8,10,12H2,1-2H3,(H2,19,20,21). The molecule has 0 saturated heterocycles. The normalized spacial score (nSPS) is 11.5. The van der Waals surface area contributed by atoms with Crippen LogP contribution in [0.1, 0.15) is 12.6 Å². The molecular formula is C18H23N5O2S. The minimum Gasteiger partial charge on any atom is -0.497 e. The fourth-order valence-electron chi connectivity index (χ4n) is 2.36. The van der Waals surface area contributed by atoms with Gasteiger partial charge in [0.15, 0.2) is 10.9 Å². The molecule has 2 N–H and O–H groups in total. The van der Waals surface area contributed by atoms with Gasteiger partial charge in [-0.15, -0.1) is 11.3 Å². The van der Waals surface area contributed by atoms with Gasteiger partial charge >= 0.3 is 0 Å². The average Bonchev–Trinajstić information content (AvgIpc) is 3.25. The maximum absolute atomic E-state index is 5.71. The van der Waals surface area contributed by atoms with Crippen molar-refractivity contribution < 1.29 is 9.47 Å². The third kappa shape index (κ3) is 4.89. The SMILES string of the molecule is CCNC(=NCc1cn2ccsc2n1)NCCOc1ccc(OC)cc1. The number of imidazole rings is 1. The highest BCUT2D eigenvalue weighted by atomic mass is 32.1. The number of aliphatic imine (C=N–C) groups is 1. The van der Waals surface area contributed by atoms with Crippen LogP contribution in [0.3, 0.4) is 0 Å². The Morgan fingerprint density at radius 1 is 1.23 bits per heavy atom. The summed E-state index contributed by atoms with van der Waals surface area (Å²) in [6.07, 6.45) is 4.01. The molecule has 0 spiro atoms. The molecule has 0 atom stereocenters. The van der Waals surface area contributed by atoms with Crippen molar-refractivity contribution in [2.24, 2.45) is 4.99 Å². The second-order valence-electron chi connectivity index (χ2n) is 5.47. The highest BCUT2D eigenvalue weighted by Crippen LogP contribution is 2.16. The van der Waals surface area contributed by atoms with E-state index in [1.54, 1.807) is 18.4 Å². The average molecular weight is 373 g/mol. The van der Waals surface area contributed by atoms with Gasteiger partial charge in [0.25, 0.3) is 0 Å². The Morgan fingerprint density at radius 2 is 2.04 bits per heavy atom. The number of hydrogen-bond acceptors (Lipinski definition) is 5. The first-order chi connectivity index (χ1) is 12.8. The molecule has 3 aromatic rings. The van der Waals surface area contributed by atoms with Crippen LogP contribution >= 0.6 is 11.3 Å². The predicted octanol–water partition coefficient (Wildman–Crippen LogP) is 2.54. The van der Waals surface area contributed by atoms with Crippen LogP contribution in [0.5, 0.6) is 11.5 Å². The van der Waals surface area contributed by atoms with Gasteiger partial charge in [-0.05, 0) is 31.2 Å². The lowest BCUT2D eigenvalue weighted by Gasteiger charge is -2.12. The Morgan fingerprint density at radius 3 is 2.77 bits per heavy atom. The van der Waals surface area contributed by atoms with Gasteiger partial charge in [-0.3, -0.25) is 4.40 Å². The highest BCUT2D eigenvalue weighted by molar-refractivity contribution is 7.15. The summed E-state index contributed by atoms with van der Waals surface area (Å²) in [7, 11) is 1.65. The third-order valence-electron chi connectivity index (χ3n) is 3.61. The fraction of sp³-hybridized carbons (Fsp3) is 0.333. The van der Waals surface area contributed by atoms with E-state index in [0.717, 1.165) is 34.7 Å². The summed E-state index contributed by atoms with van der Waals surface area (Å²) in [5, 5.41) is 8.52. The Kier molecular flexibility index (Phi) is 6.32.